The lowest BCUT2D eigenvalue weighted by molar-refractivity contribution is 1.05. The summed E-state index contributed by atoms with van der Waals surface area (Å²) in [6.45, 7) is 4.10. The van der Waals surface area contributed by atoms with Gasteiger partial charge in [0.25, 0.3) is 0 Å². The zero-order valence-electron chi connectivity index (χ0n) is 11.4. The van der Waals surface area contributed by atoms with Crippen molar-refractivity contribution in [1.82, 2.24) is 10.2 Å². The van der Waals surface area contributed by atoms with Crippen LogP contribution >= 0.6 is 43.5 Å². The van der Waals surface area contributed by atoms with Gasteiger partial charge in [0.05, 0.1) is 0 Å². The first-order valence-corrected chi connectivity index (χ1v) is 8.33. The van der Waals surface area contributed by atoms with E-state index in [2.05, 4.69) is 61.1 Å². The number of hydrogen-bond acceptors (Lipinski definition) is 2. The molecule has 1 heterocycles. The zero-order chi connectivity index (χ0) is 15.1. The van der Waals surface area contributed by atoms with Crippen LogP contribution in [0.15, 0.2) is 39.3 Å². The number of benzene rings is 2. The lowest BCUT2D eigenvalue weighted by atomic mass is 9.98. The Labute approximate surface area is 144 Å². The minimum atomic E-state index is 0.445. The third kappa shape index (κ3) is 2.60. The van der Waals surface area contributed by atoms with Gasteiger partial charge in [-0.2, -0.15) is 0 Å². The van der Waals surface area contributed by atoms with Gasteiger partial charge >= 0.3 is 0 Å². The van der Waals surface area contributed by atoms with Gasteiger partial charge in [0.15, 0.2) is 5.15 Å². The maximum atomic E-state index is 6.27. The SMILES string of the molecule is Cc1ccc(C)c2c(-c3cc(Br)ccc3Br)nnc(Cl)c12. The molecule has 0 saturated carbocycles. The van der Waals surface area contributed by atoms with Gasteiger partial charge in [-0.1, -0.05) is 55.6 Å². The Kier molecular flexibility index (Phi) is 4.04. The normalized spacial score (nSPS) is 11.1. The first-order valence-electron chi connectivity index (χ1n) is 6.36. The maximum absolute atomic E-state index is 6.27. The van der Waals surface area contributed by atoms with Crippen LogP contribution in [0, 0.1) is 13.8 Å². The average molecular weight is 427 g/mol. The lowest BCUT2D eigenvalue weighted by Crippen LogP contribution is -1.96. The van der Waals surface area contributed by atoms with Gasteiger partial charge in [0, 0.05) is 25.3 Å². The number of fused-ring (bicyclic) bond motifs is 1. The highest BCUT2D eigenvalue weighted by molar-refractivity contribution is 9.11. The number of nitrogens with zero attached hydrogens (tertiary/aromatic N) is 2. The summed E-state index contributed by atoms with van der Waals surface area (Å²) < 4.78 is 1.97. The molecular weight excluding hydrogens is 415 g/mol. The second kappa shape index (κ2) is 5.67. The number of aryl methyl sites for hydroxylation is 2. The van der Waals surface area contributed by atoms with E-state index >= 15 is 0 Å². The summed E-state index contributed by atoms with van der Waals surface area (Å²) in [6, 6.07) is 10.2. The molecule has 0 saturated heterocycles. The summed E-state index contributed by atoms with van der Waals surface area (Å²) in [6.07, 6.45) is 0. The van der Waals surface area contributed by atoms with Crippen LogP contribution < -0.4 is 0 Å². The third-order valence-corrected chi connectivity index (χ3v) is 4.94. The first kappa shape index (κ1) is 14.9. The monoisotopic (exact) mass is 424 g/mol. The Hall–Kier alpha value is -0.970. The van der Waals surface area contributed by atoms with Gasteiger partial charge in [-0.15, -0.1) is 10.2 Å². The number of aromatic nitrogens is 2. The summed E-state index contributed by atoms with van der Waals surface area (Å²) >= 11 is 13.4. The van der Waals surface area contributed by atoms with Crippen molar-refractivity contribution in [3.63, 3.8) is 0 Å². The zero-order valence-corrected chi connectivity index (χ0v) is 15.3. The van der Waals surface area contributed by atoms with Crippen molar-refractivity contribution < 1.29 is 0 Å². The standard InChI is InChI=1S/C16H11Br2ClN2/c1-8-3-4-9(2)14-13(8)15(20-21-16(14)19)11-7-10(17)5-6-12(11)18/h3-7H,1-2H3. The number of rotatable bonds is 1. The fourth-order valence-electron chi connectivity index (χ4n) is 2.44. The molecule has 0 unspecified atom stereocenters. The van der Waals surface area contributed by atoms with Crippen molar-refractivity contribution in [2.75, 3.05) is 0 Å². The van der Waals surface area contributed by atoms with Crippen LogP contribution in [0.3, 0.4) is 0 Å². The molecule has 2 aromatic carbocycles. The van der Waals surface area contributed by atoms with E-state index in [0.29, 0.717) is 5.15 Å². The Bertz CT molecular complexity index is 854. The average Bonchev–Trinajstić information content (AvgIpc) is 2.46. The molecule has 0 aliphatic rings. The van der Waals surface area contributed by atoms with Crippen molar-refractivity contribution >= 4 is 54.2 Å². The molecule has 0 atom stereocenters. The van der Waals surface area contributed by atoms with Crippen molar-refractivity contribution in [3.8, 4) is 11.3 Å². The summed E-state index contributed by atoms with van der Waals surface area (Å²) in [7, 11) is 0. The Morgan fingerprint density at radius 2 is 1.57 bits per heavy atom. The minimum Gasteiger partial charge on any atom is -0.148 e. The molecule has 0 fully saturated rings. The summed E-state index contributed by atoms with van der Waals surface area (Å²) in [5, 5.41) is 10.9. The molecule has 5 heteroatoms. The molecule has 0 aliphatic heterocycles. The molecule has 21 heavy (non-hydrogen) atoms. The lowest BCUT2D eigenvalue weighted by Gasteiger charge is -2.12. The Balaban J connectivity index is 2.47. The minimum absolute atomic E-state index is 0.445. The molecule has 0 amide bonds. The van der Waals surface area contributed by atoms with Crippen LogP contribution in [0.1, 0.15) is 11.1 Å². The highest BCUT2D eigenvalue weighted by Crippen LogP contribution is 2.37. The summed E-state index contributed by atoms with van der Waals surface area (Å²) in [5.41, 5.74) is 4.06. The van der Waals surface area contributed by atoms with E-state index in [4.69, 9.17) is 11.6 Å². The van der Waals surface area contributed by atoms with Crippen molar-refractivity contribution in [3.05, 3.63) is 55.6 Å². The second-order valence-electron chi connectivity index (χ2n) is 4.91. The predicted molar refractivity (Wildman–Crippen MR) is 94.9 cm³/mol. The van der Waals surface area contributed by atoms with E-state index in [-0.39, 0.29) is 0 Å². The Morgan fingerprint density at radius 3 is 2.29 bits per heavy atom. The van der Waals surface area contributed by atoms with Crippen LogP contribution in [-0.4, -0.2) is 10.2 Å². The van der Waals surface area contributed by atoms with Crippen LogP contribution in [-0.2, 0) is 0 Å². The number of halogens is 3. The quantitative estimate of drug-likeness (QED) is 0.470. The molecule has 3 aromatic rings. The van der Waals surface area contributed by atoms with Crippen LogP contribution in [0.2, 0.25) is 5.15 Å². The van der Waals surface area contributed by atoms with Crippen LogP contribution in [0.5, 0.6) is 0 Å². The fraction of sp³-hybridized carbons (Fsp3) is 0.125. The molecule has 3 rings (SSSR count). The van der Waals surface area contributed by atoms with Gasteiger partial charge in [-0.3, -0.25) is 0 Å². The molecule has 1 aromatic heterocycles. The molecular formula is C16H11Br2ClN2. The van der Waals surface area contributed by atoms with E-state index in [1.165, 1.54) is 0 Å². The molecule has 0 N–H and O–H groups in total. The van der Waals surface area contributed by atoms with Crippen molar-refractivity contribution in [1.29, 1.82) is 0 Å². The van der Waals surface area contributed by atoms with Crippen LogP contribution in [0.25, 0.3) is 22.0 Å². The molecule has 0 bridgehead atoms. The van der Waals surface area contributed by atoms with Gasteiger partial charge in [0.2, 0.25) is 0 Å². The highest BCUT2D eigenvalue weighted by atomic mass is 79.9. The number of hydrogen-bond donors (Lipinski definition) is 0. The third-order valence-electron chi connectivity index (χ3n) is 3.49. The fourth-order valence-corrected chi connectivity index (χ4v) is 3.52. The van der Waals surface area contributed by atoms with Gasteiger partial charge < -0.3 is 0 Å². The molecule has 0 aliphatic carbocycles. The largest absolute Gasteiger partial charge is 0.159 e. The van der Waals surface area contributed by atoms with Gasteiger partial charge in [0.1, 0.15) is 5.69 Å². The van der Waals surface area contributed by atoms with E-state index in [1.807, 2.05) is 25.1 Å². The van der Waals surface area contributed by atoms with Gasteiger partial charge in [-0.25, -0.2) is 0 Å². The molecule has 0 spiro atoms. The topological polar surface area (TPSA) is 25.8 Å². The van der Waals surface area contributed by atoms with E-state index in [1.54, 1.807) is 0 Å². The van der Waals surface area contributed by atoms with Crippen molar-refractivity contribution in [2.24, 2.45) is 0 Å². The van der Waals surface area contributed by atoms with E-state index in [9.17, 15) is 0 Å². The summed E-state index contributed by atoms with van der Waals surface area (Å²) in [4.78, 5) is 0. The Morgan fingerprint density at radius 1 is 0.905 bits per heavy atom. The smallest absolute Gasteiger partial charge is 0.148 e. The second-order valence-corrected chi connectivity index (χ2v) is 7.04. The van der Waals surface area contributed by atoms with Crippen LogP contribution in [0.4, 0.5) is 0 Å². The van der Waals surface area contributed by atoms with Crippen molar-refractivity contribution in [2.45, 2.75) is 13.8 Å². The molecule has 106 valence electrons. The van der Waals surface area contributed by atoms with E-state index in [0.717, 1.165) is 42.1 Å². The predicted octanol–water partition coefficient (Wildman–Crippen LogP) is 6.09. The summed E-state index contributed by atoms with van der Waals surface area (Å²) in [5.74, 6) is 0. The van der Waals surface area contributed by atoms with Gasteiger partial charge in [-0.05, 0) is 43.2 Å². The molecule has 2 nitrogen and oxygen atoms in total. The van der Waals surface area contributed by atoms with E-state index < -0.39 is 0 Å². The molecule has 0 radical (unpaired) electrons. The maximum Gasteiger partial charge on any atom is 0.159 e. The highest BCUT2D eigenvalue weighted by Gasteiger charge is 2.16. The first-order chi connectivity index (χ1) is 9.99.